The fourth-order valence-electron chi connectivity index (χ4n) is 3.49. The highest BCUT2D eigenvalue weighted by Crippen LogP contribution is 2.14. The molecule has 2 aromatic heterocycles. The van der Waals surface area contributed by atoms with Crippen molar-refractivity contribution in [3.63, 3.8) is 0 Å². The van der Waals surface area contributed by atoms with E-state index in [9.17, 15) is 9.59 Å². The first-order valence-electron chi connectivity index (χ1n) is 9.63. The van der Waals surface area contributed by atoms with E-state index in [1.807, 2.05) is 56.3 Å². The Labute approximate surface area is 167 Å². The van der Waals surface area contributed by atoms with Gasteiger partial charge < -0.3 is 5.32 Å². The summed E-state index contributed by atoms with van der Waals surface area (Å²) in [5.41, 5.74) is 2.21. The molecule has 1 atom stereocenters. The highest BCUT2D eigenvalue weighted by Gasteiger charge is 2.15. The average Bonchev–Trinajstić information content (AvgIpc) is 3.13. The molecule has 29 heavy (non-hydrogen) atoms. The molecule has 0 aliphatic heterocycles. The smallest absolute Gasteiger partial charge is 0.274 e. The van der Waals surface area contributed by atoms with E-state index in [1.54, 1.807) is 10.7 Å². The molecule has 0 aliphatic carbocycles. The predicted octanol–water partition coefficient (Wildman–Crippen LogP) is 1.91. The molecule has 2 heterocycles. The summed E-state index contributed by atoms with van der Waals surface area (Å²) in [6, 6.07) is 14.8. The van der Waals surface area contributed by atoms with Crippen molar-refractivity contribution in [1.29, 1.82) is 0 Å². The Hall–Kier alpha value is -3.55. The summed E-state index contributed by atoms with van der Waals surface area (Å²) in [6.07, 6.45) is 0.100. The first kappa shape index (κ1) is 18.8. The lowest BCUT2D eigenvalue weighted by atomic mass is 10.1. The maximum absolute atomic E-state index is 12.7. The van der Waals surface area contributed by atoms with Crippen molar-refractivity contribution in [2.75, 3.05) is 0 Å². The maximum atomic E-state index is 12.7. The molecule has 0 spiro atoms. The van der Waals surface area contributed by atoms with Crippen LogP contribution in [-0.4, -0.2) is 36.7 Å². The minimum absolute atomic E-state index is 0.100. The summed E-state index contributed by atoms with van der Waals surface area (Å²) in [6.45, 7) is 4.74. The second-order valence-corrected chi connectivity index (χ2v) is 7.02. The van der Waals surface area contributed by atoms with Crippen molar-refractivity contribution in [3.8, 4) is 0 Å². The molecule has 0 unspecified atom stereocenters. The van der Waals surface area contributed by atoms with Gasteiger partial charge in [-0.05, 0) is 32.0 Å². The molecule has 0 bridgehead atoms. The van der Waals surface area contributed by atoms with Gasteiger partial charge in [0.2, 0.25) is 5.91 Å². The number of rotatable bonds is 6. The summed E-state index contributed by atoms with van der Waals surface area (Å²) >= 11 is 0. The average molecular weight is 390 g/mol. The number of aryl methyl sites for hydroxylation is 1. The number of carbonyl (C=O) groups excluding carboxylic acids is 1. The normalized spacial score (nSPS) is 12.3. The van der Waals surface area contributed by atoms with Gasteiger partial charge in [0.05, 0.1) is 29.6 Å². The van der Waals surface area contributed by atoms with Gasteiger partial charge in [-0.2, -0.15) is 5.10 Å². The zero-order valence-corrected chi connectivity index (χ0v) is 16.4. The summed E-state index contributed by atoms with van der Waals surface area (Å²) < 4.78 is 3.18. The number of nitrogens with one attached hydrogen (secondary N) is 1. The van der Waals surface area contributed by atoms with Crippen LogP contribution in [0.1, 0.15) is 19.5 Å². The Bertz CT molecular complexity index is 1240. The largest absolute Gasteiger partial charge is 0.351 e. The monoisotopic (exact) mass is 390 g/mol. The van der Waals surface area contributed by atoms with E-state index in [-0.39, 0.29) is 23.9 Å². The van der Waals surface area contributed by atoms with Crippen LogP contribution in [0.4, 0.5) is 0 Å². The minimum atomic E-state index is -0.152. The number of carbonyl (C=O) groups is 1. The van der Waals surface area contributed by atoms with Crippen LogP contribution in [0, 0.1) is 0 Å². The molecule has 0 aliphatic rings. The Morgan fingerprint density at radius 1 is 1.07 bits per heavy atom. The standard InChI is InChI=1S/C21H22N6O2/c1-3-26-21(29)16-9-5-4-8-15(16)18(24-26)12-20(28)22-14(2)13-27-19-11-7-6-10-17(19)23-25-27/h4-11,14H,3,12-13H2,1-2H3,(H,22,28)/t14-/m0/s1. The molecule has 2 aromatic carbocycles. The van der Waals surface area contributed by atoms with Gasteiger partial charge in [-0.25, -0.2) is 9.36 Å². The summed E-state index contributed by atoms with van der Waals surface area (Å²) in [5.74, 6) is -0.152. The molecular formula is C21H22N6O2. The van der Waals surface area contributed by atoms with Crippen LogP contribution in [0.3, 0.4) is 0 Å². The summed E-state index contributed by atoms with van der Waals surface area (Å²) in [5, 5.41) is 17.0. The molecule has 1 amide bonds. The van der Waals surface area contributed by atoms with E-state index < -0.39 is 0 Å². The van der Waals surface area contributed by atoms with E-state index >= 15 is 0 Å². The molecule has 0 radical (unpaired) electrons. The van der Waals surface area contributed by atoms with Gasteiger partial charge in [0.25, 0.3) is 5.56 Å². The van der Waals surface area contributed by atoms with Crippen molar-refractivity contribution >= 4 is 27.7 Å². The SMILES string of the molecule is CCn1nc(CC(=O)N[C@@H](C)Cn2nnc3ccccc32)c2ccccc2c1=O. The van der Waals surface area contributed by atoms with E-state index in [2.05, 4.69) is 20.7 Å². The highest BCUT2D eigenvalue weighted by molar-refractivity contribution is 5.88. The zero-order valence-electron chi connectivity index (χ0n) is 16.4. The fraction of sp³-hybridized carbons (Fsp3) is 0.286. The van der Waals surface area contributed by atoms with E-state index in [4.69, 9.17) is 0 Å². The van der Waals surface area contributed by atoms with Gasteiger partial charge in [0.15, 0.2) is 0 Å². The Morgan fingerprint density at radius 2 is 1.79 bits per heavy atom. The number of para-hydroxylation sites is 1. The van der Waals surface area contributed by atoms with E-state index in [0.717, 1.165) is 11.0 Å². The van der Waals surface area contributed by atoms with Crippen molar-refractivity contribution in [2.24, 2.45) is 0 Å². The molecule has 0 fully saturated rings. The Morgan fingerprint density at radius 3 is 2.59 bits per heavy atom. The number of aromatic nitrogens is 5. The first-order valence-corrected chi connectivity index (χ1v) is 9.63. The lowest BCUT2D eigenvalue weighted by molar-refractivity contribution is -0.121. The van der Waals surface area contributed by atoms with Crippen molar-refractivity contribution in [1.82, 2.24) is 30.1 Å². The number of fused-ring (bicyclic) bond motifs is 2. The summed E-state index contributed by atoms with van der Waals surface area (Å²) in [4.78, 5) is 25.1. The van der Waals surface area contributed by atoms with Gasteiger partial charge >= 0.3 is 0 Å². The topological polar surface area (TPSA) is 94.7 Å². The van der Waals surface area contributed by atoms with Crippen LogP contribution in [0.2, 0.25) is 0 Å². The van der Waals surface area contributed by atoms with Crippen molar-refractivity contribution in [3.05, 3.63) is 64.6 Å². The third-order valence-electron chi connectivity index (χ3n) is 4.85. The third kappa shape index (κ3) is 3.73. The van der Waals surface area contributed by atoms with Crippen LogP contribution >= 0.6 is 0 Å². The van der Waals surface area contributed by atoms with Gasteiger partial charge in [-0.1, -0.05) is 35.5 Å². The highest BCUT2D eigenvalue weighted by atomic mass is 16.2. The van der Waals surface area contributed by atoms with Crippen LogP contribution in [0.25, 0.3) is 21.8 Å². The number of amides is 1. The Kier molecular flexibility index (Phi) is 5.07. The summed E-state index contributed by atoms with van der Waals surface area (Å²) in [7, 11) is 0. The molecule has 4 aromatic rings. The van der Waals surface area contributed by atoms with Crippen LogP contribution < -0.4 is 10.9 Å². The molecule has 1 N–H and O–H groups in total. The molecular weight excluding hydrogens is 368 g/mol. The van der Waals surface area contributed by atoms with Gasteiger partial charge in [0.1, 0.15) is 5.52 Å². The van der Waals surface area contributed by atoms with Gasteiger partial charge in [-0.15, -0.1) is 5.10 Å². The molecule has 8 heteroatoms. The number of hydrogen-bond acceptors (Lipinski definition) is 5. The minimum Gasteiger partial charge on any atom is -0.351 e. The lowest BCUT2D eigenvalue weighted by Crippen LogP contribution is -2.37. The quantitative estimate of drug-likeness (QED) is 0.543. The number of hydrogen-bond donors (Lipinski definition) is 1. The van der Waals surface area contributed by atoms with Crippen molar-refractivity contribution in [2.45, 2.75) is 39.4 Å². The number of benzene rings is 2. The van der Waals surface area contributed by atoms with E-state index in [1.165, 1.54) is 4.68 Å². The predicted molar refractivity (Wildman–Crippen MR) is 111 cm³/mol. The van der Waals surface area contributed by atoms with Crippen LogP contribution in [0.5, 0.6) is 0 Å². The third-order valence-corrected chi connectivity index (χ3v) is 4.85. The molecule has 0 saturated carbocycles. The number of nitrogens with zero attached hydrogens (tertiary/aromatic N) is 5. The van der Waals surface area contributed by atoms with Crippen molar-refractivity contribution < 1.29 is 4.79 Å². The Balaban J connectivity index is 1.51. The molecule has 4 rings (SSSR count). The fourth-order valence-corrected chi connectivity index (χ4v) is 3.49. The molecule has 8 nitrogen and oxygen atoms in total. The van der Waals surface area contributed by atoms with Gasteiger partial charge in [0, 0.05) is 18.0 Å². The first-order chi connectivity index (χ1) is 14.1. The van der Waals surface area contributed by atoms with Crippen LogP contribution in [0.15, 0.2) is 53.3 Å². The zero-order chi connectivity index (χ0) is 20.4. The second-order valence-electron chi connectivity index (χ2n) is 7.02. The van der Waals surface area contributed by atoms with Gasteiger partial charge in [-0.3, -0.25) is 9.59 Å². The molecule has 148 valence electrons. The maximum Gasteiger partial charge on any atom is 0.274 e. The lowest BCUT2D eigenvalue weighted by Gasteiger charge is -2.15. The van der Waals surface area contributed by atoms with Crippen LogP contribution in [-0.2, 0) is 24.3 Å². The molecule has 0 saturated heterocycles. The van der Waals surface area contributed by atoms with E-state index in [0.29, 0.717) is 29.6 Å². The second kappa shape index (κ2) is 7.83.